The van der Waals surface area contributed by atoms with Crippen molar-refractivity contribution in [2.75, 3.05) is 6.61 Å². The van der Waals surface area contributed by atoms with E-state index >= 15 is 0 Å². The molecule has 1 aliphatic carbocycles. The highest BCUT2D eigenvalue weighted by Gasteiger charge is 2.24. The van der Waals surface area contributed by atoms with Crippen molar-refractivity contribution in [3.05, 3.63) is 33.8 Å². The van der Waals surface area contributed by atoms with Crippen LogP contribution in [0.3, 0.4) is 0 Å². The zero-order valence-corrected chi connectivity index (χ0v) is 16.1. The first kappa shape index (κ1) is 20.0. The van der Waals surface area contributed by atoms with Crippen LogP contribution in [0.1, 0.15) is 38.2 Å². The molecule has 7 heteroatoms. The number of carboxylic acid groups (broad SMARTS) is 1. The normalized spacial score (nSPS) is 20.1. The van der Waals surface area contributed by atoms with Crippen LogP contribution in [-0.4, -0.2) is 29.6 Å². The number of nitriles is 1. The lowest BCUT2D eigenvalue weighted by Gasteiger charge is -2.29. The Kier molecular flexibility index (Phi) is 7.22. The molecule has 0 bridgehead atoms. The van der Waals surface area contributed by atoms with Gasteiger partial charge in [-0.25, -0.2) is 4.79 Å². The van der Waals surface area contributed by atoms with Gasteiger partial charge in [0.25, 0.3) is 5.91 Å². The van der Waals surface area contributed by atoms with Gasteiger partial charge in [0.2, 0.25) is 0 Å². The maximum Gasteiger partial charge on any atom is 0.341 e. The molecule has 2 rings (SSSR count). The minimum atomic E-state index is -1.07. The van der Waals surface area contributed by atoms with Gasteiger partial charge in [-0.05, 0) is 58.5 Å². The molecule has 1 aliphatic rings. The van der Waals surface area contributed by atoms with E-state index in [4.69, 9.17) is 9.84 Å². The van der Waals surface area contributed by atoms with Crippen molar-refractivity contribution in [2.24, 2.45) is 5.92 Å². The van der Waals surface area contributed by atoms with Crippen LogP contribution >= 0.6 is 15.9 Å². The second-order valence-corrected chi connectivity index (χ2v) is 7.24. The smallest absolute Gasteiger partial charge is 0.341 e. The lowest BCUT2D eigenvalue weighted by atomic mass is 9.86. The van der Waals surface area contributed by atoms with Crippen molar-refractivity contribution in [2.45, 2.75) is 38.6 Å². The van der Waals surface area contributed by atoms with E-state index in [2.05, 4.69) is 28.2 Å². The number of halogens is 1. The molecule has 1 aromatic carbocycles. The highest BCUT2D eigenvalue weighted by molar-refractivity contribution is 9.10. The molecule has 6 nitrogen and oxygen atoms in total. The predicted octanol–water partition coefficient (Wildman–Crippen LogP) is 3.51. The third-order valence-corrected chi connectivity index (χ3v) is 5.03. The summed E-state index contributed by atoms with van der Waals surface area (Å²) in [5, 5.41) is 21.0. The van der Waals surface area contributed by atoms with Gasteiger partial charge in [-0.1, -0.05) is 25.8 Å². The fourth-order valence-corrected chi connectivity index (χ4v) is 3.47. The summed E-state index contributed by atoms with van der Waals surface area (Å²) in [6.45, 7) is 1.67. The van der Waals surface area contributed by atoms with Crippen molar-refractivity contribution < 1.29 is 19.4 Å². The van der Waals surface area contributed by atoms with Gasteiger partial charge in [-0.15, -0.1) is 0 Å². The second kappa shape index (κ2) is 9.39. The van der Waals surface area contributed by atoms with Crippen molar-refractivity contribution in [1.29, 1.82) is 5.26 Å². The Bertz CT molecular complexity index is 754. The number of hydrogen-bond acceptors (Lipinski definition) is 4. The van der Waals surface area contributed by atoms with Crippen LogP contribution in [0.2, 0.25) is 0 Å². The molecule has 0 aliphatic heterocycles. The zero-order valence-electron chi connectivity index (χ0n) is 14.5. The van der Waals surface area contributed by atoms with Gasteiger partial charge < -0.3 is 15.2 Å². The molecule has 1 amide bonds. The molecule has 1 fully saturated rings. The first-order chi connectivity index (χ1) is 12.4. The third-order valence-electron chi connectivity index (χ3n) is 4.41. The highest BCUT2D eigenvalue weighted by Crippen LogP contribution is 2.27. The molecule has 0 spiro atoms. The molecule has 0 heterocycles. The summed E-state index contributed by atoms with van der Waals surface area (Å²) in [6.07, 6.45) is 5.80. The van der Waals surface area contributed by atoms with Gasteiger partial charge in [0, 0.05) is 6.04 Å². The molecular weight excluding hydrogens is 400 g/mol. The Labute approximate surface area is 161 Å². The van der Waals surface area contributed by atoms with Crippen LogP contribution < -0.4 is 10.1 Å². The lowest BCUT2D eigenvalue weighted by molar-refractivity contribution is -0.139. The number of benzene rings is 1. The highest BCUT2D eigenvalue weighted by atomic mass is 79.9. The Hall–Kier alpha value is -2.33. The fraction of sp³-hybridized carbons (Fsp3) is 0.421. The third kappa shape index (κ3) is 5.60. The molecule has 26 heavy (non-hydrogen) atoms. The van der Waals surface area contributed by atoms with Crippen LogP contribution in [0.4, 0.5) is 0 Å². The van der Waals surface area contributed by atoms with Crippen molar-refractivity contribution >= 4 is 33.9 Å². The minimum Gasteiger partial charge on any atom is -0.481 e. The summed E-state index contributed by atoms with van der Waals surface area (Å²) in [5.74, 6) is -0.647. The average Bonchev–Trinajstić information content (AvgIpc) is 2.60. The maximum absolute atomic E-state index is 12.4. The molecule has 0 saturated heterocycles. The van der Waals surface area contributed by atoms with E-state index in [1.807, 2.05) is 6.07 Å². The number of aliphatic carboxylic acids is 1. The number of hydrogen-bond donors (Lipinski definition) is 2. The molecule has 1 aromatic rings. The van der Waals surface area contributed by atoms with E-state index in [0.29, 0.717) is 21.7 Å². The van der Waals surface area contributed by atoms with Crippen LogP contribution in [0.15, 0.2) is 28.2 Å². The quantitative estimate of drug-likeness (QED) is 0.541. The number of carboxylic acids is 1. The summed E-state index contributed by atoms with van der Waals surface area (Å²) in [4.78, 5) is 23.0. The Morgan fingerprint density at radius 3 is 2.77 bits per heavy atom. The van der Waals surface area contributed by atoms with E-state index in [1.165, 1.54) is 12.5 Å². The monoisotopic (exact) mass is 420 g/mol. The number of carbonyl (C=O) groups excluding carboxylic acids is 1. The summed E-state index contributed by atoms with van der Waals surface area (Å²) in [7, 11) is 0. The average molecular weight is 421 g/mol. The summed E-state index contributed by atoms with van der Waals surface area (Å²) >= 11 is 3.30. The number of amides is 1. The lowest BCUT2D eigenvalue weighted by Crippen LogP contribution is -2.41. The van der Waals surface area contributed by atoms with Crippen LogP contribution in [-0.2, 0) is 9.59 Å². The van der Waals surface area contributed by atoms with Gasteiger partial charge in [0.15, 0.2) is 6.61 Å². The number of nitrogens with one attached hydrogen (secondary N) is 1. The SMILES string of the molecule is C[C@@H]1CCCC[C@H]1NC(=O)/C(C#N)=C/c1ccc(OCC(=O)O)c(Br)c1. The Morgan fingerprint density at radius 1 is 1.42 bits per heavy atom. The van der Waals surface area contributed by atoms with E-state index < -0.39 is 12.6 Å². The largest absolute Gasteiger partial charge is 0.481 e. The zero-order chi connectivity index (χ0) is 19.1. The van der Waals surface area contributed by atoms with Gasteiger partial charge in [0.05, 0.1) is 4.47 Å². The van der Waals surface area contributed by atoms with Crippen LogP contribution in [0, 0.1) is 17.2 Å². The first-order valence-corrected chi connectivity index (χ1v) is 9.27. The number of nitrogens with zero attached hydrogens (tertiary/aromatic N) is 1. The van der Waals surface area contributed by atoms with Crippen molar-refractivity contribution in [3.8, 4) is 11.8 Å². The van der Waals surface area contributed by atoms with Gasteiger partial charge in [0.1, 0.15) is 17.4 Å². The molecule has 2 atom stereocenters. The van der Waals surface area contributed by atoms with Crippen LogP contribution in [0.5, 0.6) is 5.75 Å². The van der Waals surface area contributed by atoms with Gasteiger partial charge in [-0.3, -0.25) is 4.79 Å². The molecule has 2 N–H and O–H groups in total. The first-order valence-electron chi connectivity index (χ1n) is 8.47. The standard InChI is InChI=1S/C19H21BrN2O4/c1-12-4-2-3-5-16(12)22-19(25)14(10-21)8-13-6-7-17(15(20)9-13)26-11-18(23)24/h6-9,12,16H,2-5,11H2,1H3,(H,22,25)(H,23,24)/b14-8+/t12-,16-/m1/s1. The Balaban J connectivity index is 2.09. The number of carbonyl (C=O) groups is 2. The summed E-state index contributed by atoms with van der Waals surface area (Å²) < 4.78 is 5.68. The Morgan fingerprint density at radius 2 is 2.15 bits per heavy atom. The van der Waals surface area contributed by atoms with E-state index in [9.17, 15) is 14.9 Å². The fourth-order valence-electron chi connectivity index (χ4n) is 2.96. The van der Waals surface area contributed by atoms with Crippen LogP contribution in [0.25, 0.3) is 6.08 Å². The second-order valence-electron chi connectivity index (χ2n) is 6.38. The molecule has 0 aromatic heterocycles. The number of rotatable bonds is 6. The molecule has 0 radical (unpaired) electrons. The molecule has 138 valence electrons. The van der Waals surface area contributed by atoms with Gasteiger partial charge in [-0.2, -0.15) is 5.26 Å². The topological polar surface area (TPSA) is 99.4 Å². The van der Waals surface area contributed by atoms with Crippen molar-refractivity contribution in [1.82, 2.24) is 5.32 Å². The van der Waals surface area contributed by atoms with Crippen molar-refractivity contribution in [3.63, 3.8) is 0 Å². The van der Waals surface area contributed by atoms with Gasteiger partial charge >= 0.3 is 5.97 Å². The molecule has 0 unspecified atom stereocenters. The minimum absolute atomic E-state index is 0.0360. The molecular formula is C19H21BrN2O4. The summed E-state index contributed by atoms with van der Waals surface area (Å²) in [6, 6.07) is 6.98. The summed E-state index contributed by atoms with van der Waals surface area (Å²) in [5.41, 5.74) is 0.678. The maximum atomic E-state index is 12.4. The van der Waals surface area contributed by atoms with E-state index in [1.54, 1.807) is 18.2 Å². The molecule has 1 saturated carbocycles. The van der Waals surface area contributed by atoms with E-state index in [0.717, 1.165) is 19.3 Å². The predicted molar refractivity (Wildman–Crippen MR) is 100 cm³/mol. The number of ether oxygens (including phenoxy) is 1. The van der Waals surface area contributed by atoms with E-state index in [-0.39, 0.29) is 17.5 Å².